The van der Waals surface area contributed by atoms with Crippen molar-refractivity contribution in [1.29, 1.82) is 0 Å². The average Bonchev–Trinajstić information content (AvgIpc) is 2.94. The van der Waals surface area contributed by atoms with Gasteiger partial charge < -0.3 is 5.32 Å². The summed E-state index contributed by atoms with van der Waals surface area (Å²) in [4.78, 5) is 24.6. The Balaban J connectivity index is 1.81. The summed E-state index contributed by atoms with van der Waals surface area (Å²) in [6, 6.07) is 10.5. The number of aryl methyl sites for hydroxylation is 4. The molecule has 2 heterocycles. The topological polar surface area (TPSA) is 110 Å². The first kappa shape index (κ1) is 21.8. The minimum atomic E-state index is -3.89. The zero-order valence-electron chi connectivity index (χ0n) is 18.3. The fourth-order valence-corrected chi connectivity index (χ4v) is 5.29. The van der Waals surface area contributed by atoms with Gasteiger partial charge in [-0.1, -0.05) is 18.2 Å². The van der Waals surface area contributed by atoms with Gasteiger partial charge in [-0.25, -0.2) is 8.42 Å². The van der Waals surface area contributed by atoms with Crippen LogP contribution in [0.5, 0.6) is 0 Å². The van der Waals surface area contributed by atoms with Gasteiger partial charge in [-0.05, 0) is 68.1 Å². The maximum atomic E-state index is 13.2. The summed E-state index contributed by atoms with van der Waals surface area (Å²) < 4.78 is 30.3. The largest absolute Gasteiger partial charge is 0.310 e. The van der Waals surface area contributed by atoms with Gasteiger partial charge in [0, 0.05) is 24.1 Å². The highest BCUT2D eigenvalue weighted by atomic mass is 32.2. The highest BCUT2D eigenvalue weighted by molar-refractivity contribution is 7.92. The van der Waals surface area contributed by atoms with E-state index in [0.717, 1.165) is 11.1 Å². The van der Waals surface area contributed by atoms with E-state index < -0.39 is 10.0 Å². The van der Waals surface area contributed by atoms with Gasteiger partial charge in [0.1, 0.15) is 5.82 Å². The maximum absolute atomic E-state index is 13.2. The summed E-state index contributed by atoms with van der Waals surface area (Å²) >= 11 is 0. The molecule has 0 saturated heterocycles. The number of fused-ring (bicyclic) bond motifs is 1. The molecule has 1 aromatic heterocycles. The third-order valence-electron chi connectivity index (χ3n) is 5.36. The van der Waals surface area contributed by atoms with Crippen molar-refractivity contribution in [3.63, 3.8) is 0 Å². The molecule has 0 radical (unpaired) electrons. The second-order valence-corrected chi connectivity index (χ2v) is 9.78. The number of sulfonamides is 1. The highest BCUT2D eigenvalue weighted by Crippen LogP contribution is 2.35. The fourth-order valence-electron chi connectivity index (χ4n) is 3.98. The van der Waals surface area contributed by atoms with Crippen LogP contribution in [-0.4, -0.2) is 30.0 Å². The molecule has 0 spiro atoms. The molecular formula is C23H24N4O4S. The van der Waals surface area contributed by atoms with Crippen LogP contribution in [-0.2, 0) is 14.8 Å². The third kappa shape index (κ3) is 4.03. The number of carbonyl (C=O) groups excluding carboxylic acids is 2. The van der Waals surface area contributed by atoms with Crippen molar-refractivity contribution in [1.82, 2.24) is 9.78 Å². The van der Waals surface area contributed by atoms with E-state index in [9.17, 15) is 18.0 Å². The van der Waals surface area contributed by atoms with Gasteiger partial charge in [-0.15, -0.1) is 0 Å². The number of benzene rings is 2. The number of rotatable bonds is 4. The molecule has 2 aromatic carbocycles. The van der Waals surface area contributed by atoms with Gasteiger partial charge in [-0.3, -0.25) is 14.3 Å². The zero-order valence-corrected chi connectivity index (χ0v) is 19.1. The molecule has 1 aliphatic heterocycles. The number of anilines is 2. The van der Waals surface area contributed by atoms with E-state index in [-0.39, 0.29) is 35.4 Å². The number of hydrogen-bond acceptors (Lipinski definition) is 5. The quantitative estimate of drug-likeness (QED) is 0.623. The van der Waals surface area contributed by atoms with Crippen LogP contribution in [0.2, 0.25) is 0 Å². The molecule has 0 bridgehead atoms. The Morgan fingerprint density at radius 2 is 1.66 bits per heavy atom. The second kappa shape index (κ2) is 7.90. The van der Waals surface area contributed by atoms with Crippen LogP contribution in [0.15, 0.2) is 41.3 Å². The summed E-state index contributed by atoms with van der Waals surface area (Å²) in [5, 5.41) is 7.03. The lowest BCUT2D eigenvalue weighted by Gasteiger charge is -2.14. The SMILES string of the molecule is Cc1cc(C)cc(NS(=O)(=O)c2cc(-c3c(C)nn4c3NC(=O)CCC4=O)ccc2C)c1. The van der Waals surface area contributed by atoms with Crippen molar-refractivity contribution in [2.24, 2.45) is 0 Å². The van der Waals surface area contributed by atoms with Crippen molar-refractivity contribution >= 4 is 33.3 Å². The van der Waals surface area contributed by atoms with Crippen molar-refractivity contribution < 1.29 is 18.0 Å². The fraction of sp³-hybridized carbons (Fsp3) is 0.261. The van der Waals surface area contributed by atoms with Gasteiger partial charge in [0.05, 0.1) is 10.6 Å². The Kier molecular flexibility index (Phi) is 5.37. The van der Waals surface area contributed by atoms with Crippen molar-refractivity contribution in [3.05, 3.63) is 58.8 Å². The Hall–Kier alpha value is -3.46. The van der Waals surface area contributed by atoms with Crippen LogP contribution >= 0.6 is 0 Å². The van der Waals surface area contributed by atoms with E-state index in [0.29, 0.717) is 28.1 Å². The molecule has 0 aliphatic carbocycles. The predicted molar refractivity (Wildman–Crippen MR) is 122 cm³/mol. The van der Waals surface area contributed by atoms with E-state index in [1.165, 1.54) is 4.68 Å². The van der Waals surface area contributed by atoms with Gasteiger partial charge in [0.2, 0.25) is 11.8 Å². The molecule has 32 heavy (non-hydrogen) atoms. The number of hydrogen-bond donors (Lipinski definition) is 2. The summed E-state index contributed by atoms with van der Waals surface area (Å²) in [6.07, 6.45) is 0.140. The summed E-state index contributed by atoms with van der Waals surface area (Å²) in [7, 11) is -3.89. The number of amides is 1. The van der Waals surface area contributed by atoms with Crippen molar-refractivity contribution in [2.45, 2.75) is 45.4 Å². The van der Waals surface area contributed by atoms with Crippen molar-refractivity contribution in [3.8, 4) is 11.1 Å². The smallest absolute Gasteiger partial charge is 0.262 e. The molecule has 8 nitrogen and oxygen atoms in total. The first-order valence-electron chi connectivity index (χ1n) is 10.2. The van der Waals surface area contributed by atoms with E-state index in [1.54, 1.807) is 44.2 Å². The standard InChI is InChI=1S/C23H24N4O4S/c1-13-9-14(2)11-18(10-13)26-32(30,31)19-12-17(6-5-15(19)3)22-16(4)25-27-21(29)8-7-20(28)24-23(22)27/h5-6,9-12,26H,7-8H2,1-4H3,(H,24,28). The van der Waals surface area contributed by atoms with E-state index in [1.807, 2.05) is 19.9 Å². The zero-order chi connectivity index (χ0) is 23.2. The molecule has 2 N–H and O–H groups in total. The summed E-state index contributed by atoms with van der Waals surface area (Å²) in [6.45, 7) is 7.25. The van der Waals surface area contributed by atoms with Crippen LogP contribution in [0.25, 0.3) is 11.1 Å². The highest BCUT2D eigenvalue weighted by Gasteiger charge is 2.27. The first-order valence-corrected chi connectivity index (χ1v) is 11.7. The van der Waals surface area contributed by atoms with Crippen LogP contribution in [0.3, 0.4) is 0 Å². The van der Waals surface area contributed by atoms with Gasteiger partial charge in [0.15, 0.2) is 0 Å². The molecule has 0 unspecified atom stereocenters. The molecule has 9 heteroatoms. The Bertz CT molecular complexity index is 1350. The lowest BCUT2D eigenvalue weighted by molar-refractivity contribution is -0.116. The molecular weight excluding hydrogens is 428 g/mol. The van der Waals surface area contributed by atoms with Crippen molar-refractivity contribution in [2.75, 3.05) is 10.0 Å². The second-order valence-electron chi connectivity index (χ2n) is 8.12. The molecule has 0 fully saturated rings. The summed E-state index contributed by atoms with van der Waals surface area (Å²) in [5.41, 5.74) is 4.55. The minimum absolute atomic E-state index is 0.0623. The molecule has 1 aliphatic rings. The monoisotopic (exact) mass is 452 g/mol. The first-order chi connectivity index (χ1) is 15.0. The molecule has 3 aromatic rings. The lowest BCUT2D eigenvalue weighted by atomic mass is 10.0. The molecule has 1 amide bonds. The maximum Gasteiger partial charge on any atom is 0.262 e. The van der Waals surface area contributed by atoms with Gasteiger partial charge >= 0.3 is 0 Å². The van der Waals surface area contributed by atoms with Crippen LogP contribution in [0.1, 0.15) is 40.0 Å². The number of aromatic nitrogens is 2. The van der Waals surface area contributed by atoms with E-state index >= 15 is 0 Å². The molecule has 4 rings (SSSR count). The molecule has 0 saturated carbocycles. The van der Waals surface area contributed by atoms with Crippen LogP contribution in [0, 0.1) is 27.7 Å². The predicted octanol–water partition coefficient (Wildman–Crippen LogP) is 3.96. The number of nitrogens with one attached hydrogen (secondary N) is 2. The Morgan fingerprint density at radius 1 is 0.969 bits per heavy atom. The third-order valence-corrected chi connectivity index (χ3v) is 6.88. The summed E-state index contributed by atoms with van der Waals surface area (Å²) in [5.74, 6) is -0.302. The van der Waals surface area contributed by atoms with E-state index in [2.05, 4.69) is 15.1 Å². The van der Waals surface area contributed by atoms with Gasteiger partial charge in [-0.2, -0.15) is 9.78 Å². The molecule has 166 valence electrons. The lowest BCUT2D eigenvalue weighted by Crippen LogP contribution is -2.15. The number of nitrogens with zero attached hydrogens (tertiary/aromatic N) is 2. The van der Waals surface area contributed by atoms with E-state index in [4.69, 9.17) is 0 Å². The Morgan fingerprint density at radius 3 is 2.34 bits per heavy atom. The normalized spacial score (nSPS) is 14.0. The molecule has 0 atom stereocenters. The minimum Gasteiger partial charge on any atom is -0.310 e. The van der Waals surface area contributed by atoms with Gasteiger partial charge in [0.25, 0.3) is 10.0 Å². The number of carbonyl (C=O) groups is 2. The van der Waals surface area contributed by atoms with Crippen LogP contribution < -0.4 is 10.0 Å². The Labute approximate surface area is 186 Å². The average molecular weight is 453 g/mol. The van der Waals surface area contributed by atoms with Crippen LogP contribution in [0.4, 0.5) is 11.5 Å².